The third-order valence-electron chi connectivity index (χ3n) is 3.03. The van der Waals surface area contributed by atoms with Gasteiger partial charge in [-0.3, -0.25) is 10.1 Å². The fourth-order valence-corrected chi connectivity index (χ4v) is 1.94. The predicted molar refractivity (Wildman–Crippen MR) is 60.3 cm³/mol. The molecule has 1 aliphatic carbocycles. The van der Waals surface area contributed by atoms with Crippen molar-refractivity contribution in [2.45, 2.75) is 18.8 Å². The molecule has 6 heteroatoms. The summed E-state index contributed by atoms with van der Waals surface area (Å²) in [7, 11) is 0. The highest BCUT2D eigenvalue weighted by Gasteiger charge is 2.27. The third kappa shape index (κ3) is 1.33. The van der Waals surface area contributed by atoms with Gasteiger partial charge in [-0.2, -0.15) is 10.2 Å². The molecule has 0 aromatic carbocycles. The van der Waals surface area contributed by atoms with Crippen LogP contribution in [0.4, 0.5) is 0 Å². The summed E-state index contributed by atoms with van der Waals surface area (Å²) in [4.78, 5) is 8.62. The molecule has 0 aliphatic heterocycles. The van der Waals surface area contributed by atoms with Gasteiger partial charge in [-0.15, -0.1) is 0 Å². The maximum atomic E-state index is 4.52. The summed E-state index contributed by atoms with van der Waals surface area (Å²) < 4.78 is 1.77. The molecule has 0 spiro atoms. The Balaban J connectivity index is 1.86. The Morgan fingerprint density at radius 3 is 3.12 bits per heavy atom. The minimum absolute atomic E-state index is 0.580. The maximum Gasteiger partial charge on any atom is 0.185 e. The van der Waals surface area contributed by atoms with Crippen molar-refractivity contribution in [1.29, 1.82) is 0 Å². The second-order valence-electron chi connectivity index (χ2n) is 4.28. The predicted octanol–water partition coefficient (Wildman–Crippen LogP) is 1.39. The van der Waals surface area contributed by atoms with Crippen molar-refractivity contribution in [3.63, 3.8) is 0 Å². The number of H-pyrrole nitrogens is 1. The molecular weight excluding hydrogens is 216 g/mol. The van der Waals surface area contributed by atoms with Crippen molar-refractivity contribution >= 4 is 5.52 Å². The van der Waals surface area contributed by atoms with Gasteiger partial charge < -0.3 is 0 Å². The summed E-state index contributed by atoms with van der Waals surface area (Å²) >= 11 is 0. The fourth-order valence-electron chi connectivity index (χ4n) is 1.94. The second kappa shape index (κ2) is 3.13. The van der Waals surface area contributed by atoms with Gasteiger partial charge in [-0.25, -0.2) is 9.50 Å². The zero-order chi connectivity index (χ0) is 11.2. The Kier molecular flexibility index (Phi) is 1.63. The van der Waals surface area contributed by atoms with Crippen LogP contribution in [0, 0.1) is 0 Å². The largest absolute Gasteiger partial charge is 0.262 e. The van der Waals surface area contributed by atoms with E-state index in [1.807, 2.05) is 6.20 Å². The number of nitrogens with zero attached hydrogens (tertiary/aromatic N) is 5. The van der Waals surface area contributed by atoms with Crippen molar-refractivity contribution in [1.82, 2.24) is 29.8 Å². The molecule has 3 aromatic heterocycles. The lowest BCUT2D eigenvalue weighted by atomic mass is 10.3. The van der Waals surface area contributed by atoms with E-state index in [9.17, 15) is 0 Å². The van der Waals surface area contributed by atoms with E-state index < -0.39 is 0 Å². The molecule has 6 nitrogen and oxygen atoms in total. The van der Waals surface area contributed by atoms with E-state index in [1.165, 1.54) is 12.8 Å². The topological polar surface area (TPSA) is 71.8 Å². The van der Waals surface area contributed by atoms with Gasteiger partial charge >= 0.3 is 0 Å². The van der Waals surface area contributed by atoms with Gasteiger partial charge in [0, 0.05) is 18.3 Å². The SMILES string of the molecule is c1cn2ncc(-c3n[nH]c(C4CC4)n3)c2cn1. The van der Waals surface area contributed by atoms with Gasteiger partial charge in [0.25, 0.3) is 0 Å². The van der Waals surface area contributed by atoms with Gasteiger partial charge in [0.1, 0.15) is 5.82 Å². The highest BCUT2D eigenvalue weighted by atomic mass is 15.2. The molecule has 84 valence electrons. The first-order chi connectivity index (χ1) is 8.42. The zero-order valence-electron chi connectivity index (χ0n) is 9.04. The van der Waals surface area contributed by atoms with Crippen LogP contribution in [0.2, 0.25) is 0 Å². The molecular formula is C11H10N6. The van der Waals surface area contributed by atoms with Crippen LogP contribution >= 0.6 is 0 Å². The van der Waals surface area contributed by atoms with E-state index in [4.69, 9.17) is 0 Å². The van der Waals surface area contributed by atoms with Gasteiger partial charge in [-0.1, -0.05) is 0 Å². The molecule has 1 fully saturated rings. The Hall–Kier alpha value is -2.24. The number of nitrogens with one attached hydrogen (secondary N) is 1. The Labute approximate surface area is 96.7 Å². The average molecular weight is 226 g/mol. The molecule has 0 saturated heterocycles. The van der Waals surface area contributed by atoms with Crippen molar-refractivity contribution in [3.05, 3.63) is 30.6 Å². The van der Waals surface area contributed by atoms with Gasteiger partial charge in [-0.05, 0) is 12.8 Å². The van der Waals surface area contributed by atoms with Crippen molar-refractivity contribution in [2.24, 2.45) is 0 Å². The lowest BCUT2D eigenvalue weighted by molar-refractivity contribution is 0.935. The van der Waals surface area contributed by atoms with Crippen LogP contribution < -0.4 is 0 Å². The van der Waals surface area contributed by atoms with Gasteiger partial charge in [0.2, 0.25) is 0 Å². The van der Waals surface area contributed by atoms with E-state index in [0.717, 1.165) is 16.9 Å². The number of aromatic amines is 1. The first-order valence-corrected chi connectivity index (χ1v) is 5.62. The van der Waals surface area contributed by atoms with Crippen LogP contribution in [-0.2, 0) is 0 Å². The number of hydrogen-bond acceptors (Lipinski definition) is 4. The van der Waals surface area contributed by atoms with Crippen molar-refractivity contribution in [3.8, 4) is 11.4 Å². The van der Waals surface area contributed by atoms with Crippen LogP contribution in [0.15, 0.2) is 24.8 Å². The van der Waals surface area contributed by atoms with E-state index in [2.05, 4.69) is 25.3 Å². The molecule has 0 radical (unpaired) electrons. The minimum Gasteiger partial charge on any atom is -0.262 e. The molecule has 0 bridgehead atoms. The smallest absolute Gasteiger partial charge is 0.185 e. The summed E-state index contributed by atoms with van der Waals surface area (Å²) in [5.41, 5.74) is 1.84. The summed E-state index contributed by atoms with van der Waals surface area (Å²) in [6, 6.07) is 0. The van der Waals surface area contributed by atoms with Crippen LogP contribution in [0.3, 0.4) is 0 Å². The highest BCUT2D eigenvalue weighted by molar-refractivity contribution is 5.74. The number of hydrogen-bond donors (Lipinski definition) is 1. The first-order valence-electron chi connectivity index (χ1n) is 5.62. The van der Waals surface area contributed by atoms with E-state index in [0.29, 0.717) is 11.7 Å². The lowest BCUT2D eigenvalue weighted by Crippen LogP contribution is -1.86. The summed E-state index contributed by atoms with van der Waals surface area (Å²) in [6.07, 6.45) is 9.49. The highest BCUT2D eigenvalue weighted by Crippen LogP contribution is 2.38. The summed E-state index contributed by atoms with van der Waals surface area (Å²) in [5, 5.41) is 11.5. The standard InChI is InChI=1S/C11H10N6/c1-2-7(1)10-14-11(16-15-10)8-5-13-17-4-3-12-6-9(8)17/h3-7H,1-2H2,(H,14,15,16). The van der Waals surface area contributed by atoms with Crippen molar-refractivity contribution in [2.75, 3.05) is 0 Å². The molecule has 3 aromatic rings. The van der Waals surface area contributed by atoms with E-state index in [1.54, 1.807) is 23.1 Å². The van der Waals surface area contributed by atoms with Crippen LogP contribution in [0.5, 0.6) is 0 Å². The van der Waals surface area contributed by atoms with Crippen LogP contribution in [0.1, 0.15) is 24.6 Å². The molecule has 4 rings (SSSR count). The number of aromatic nitrogens is 6. The molecule has 1 saturated carbocycles. The Morgan fingerprint density at radius 1 is 1.29 bits per heavy atom. The maximum absolute atomic E-state index is 4.52. The van der Waals surface area contributed by atoms with Gasteiger partial charge in [0.15, 0.2) is 5.82 Å². The molecule has 3 heterocycles. The molecule has 0 atom stereocenters. The average Bonchev–Trinajstić information content (AvgIpc) is 2.95. The Bertz CT molecular complexity index is 678. The minimum atomic E-state index is 0.580. The monoisotopic (exact) mass is 226 g/mol. The lowest BCUT2D eigenvalue weighted by Gasteiger charge is -1.92. The van der Waals surface area contributed by atoms with E-state index >= 15 is 0 Å². The third-order valence-corrected chi connectivity index (χ3v) is 3.03. The van der Waals surface area contributed by atoms with E-state index in [-0.39, 0.29) is 0 Å². The number of fused-ring (bicyclic) bond motifs is 1. The van der Waals surface area contributed by atoms with Gasteiger partial charge in [0.05, 0.1) is 23.5 Å². The Morgan fingerprint density at radius 2 is 2.24 bits per heavy atom. The molecule has 1 N–H and O–H groups in total. The normalized spacial score (nSPS) is 15.5. The molecule has 0 unspecified atom stereocenters. The fraction of sp³-hybridized carbons (Fsp3) is 0.273. The molecule has 0 amide bonds. The second-order valence-corrected chi connectivity index (χ2v) is 4.28. The van der Waals surface area contributed by atoms with Crippen LogP contribution in [0.25, 0.3) is 16.9 Å². The summed E-state index contributed by atoms with van der Waals surface area (Å²) in [5.74, 6) is 2.27. The molecule has 1 aliphatic rings. The molecule has 17 heavy (non-hydrogen) atoms. The number of rotatable bonds is 2. The van der Waals surface area contributed by atoms with Crippen molar-refractivity contribution < 1.29 is 0 Å². The summed E-state index contributed by atoms with van der Waals surface area (Å²) in [6.45, 7) is 0. The first kappa shape index (κ1) is 8.86. The van der Waals surface area contributed by atoms with Crippen LogP contribution in [-0.4, -0.2) is 29.8 Å². The quantitative estimate of drug-likeness (QED) is 0.716. The zero-order valence-corrected chi connectivity index (χ0v) is 9.04.